The smallest absolute Gasteiger partial charge is 0.288 e. The van der Waals surface area contributed by atoms with Crippen molar-refractivity contribution >= 4 is 21.7 Å². The van der Waals surface area contributed by atoms with Gasteiger partial charge in [-0.15, -0.1) is 0 Å². The number of hydrogen-bond donors (Lipinski definition) is 0. The molecule has 0 aromatic heterocycles. The Morgan fingerprint density at radius 3 is 2.11 bits per heavy atom. The molecule has 96 valence electrons. The van der Waals surface area contributed by atoms with E-state index in [4.69, 9.17) is 0 Å². The Kier molecular flexibility index (Phi) is 3.97. The van der Waals surface area contributed by atoms with Crippen molar-refractivity contribution in [1.29, 1.82) is 0 Å². The van der Waals surface area contributed by atoms with Gasteiger partial charge in [0.25, 0.3) is 0 Å². The summed E-state index contributed by atoms with van der Waals surface area (Å²) in [6, 6.07) is 5.48. The van der Waals surface area contributed by atoms with Crippen molar-refractivity contribution in [1.82, 2.24) is 0 Å². The monoisotopic (exact) mass is 269 g/mol. The van der Waals surface area contributed by atoms with Gasteiger partial charge in [-0.3, -0.25) is 14.9 Å². The average Bonchev–Trinajstić information content (AvgIpc) is 2.24. The number of benzene rings is 1. The lowest BCUT2D eigenvalue weighted by molar-refractivity contribution is -0.417. The standard InChI is InChI=1S/C11H11NO5S/c1-8(13)11(12(14)15)7-9-3-5-10(6-4-9)18(2,16)17/h3-7H,1-2H3. The highest BCUT2D eigenvalue weighted by Gasteiger charge is 2.16. The van der Waals surface area contributed by atoms with Gasteiger partial charge in [0.2, 0.25) is 5.78 Å². The van der Waals surface area contributed by atoms with E-state index in [0.717, 1.165) is 19.3 Å². The molecule has 1 rings (SSSR count). The highest BCUT2D eigenvalue weighted by molar-refractivity contribution is 7.90. The summed E-state index contributed by atoms with van der Waals surface area (Å²) < 4.78 is 22.4. The van der Waals surface area contributed by atoms with E-state index in [1.54, 1.807) is 0 Å². The fraction of sp³-hybridized carbons (Fsp3) is 0.182. The lowest BCUT2D eigenvalue weighted by atomic mass is 10.1. The molecule has 0 spiro atoms. The van der Waals surface area contributed by atoms with Gasteiger partial charge in [0.1, 0.15) is 0 Å². The Morgan fingerprint density at radius 1 is 1.28 bits per heavy atom. The van der Waals surface area contributed by atoms with Crippen LogP contribution in [0.15, 0.2) is 34.9 Å². The number of Topliss-reactive ketones (excluding diaryl/α,β-unsaturated/α-hetero) is 1. The van der Waals surface area contributed by atoms with Crippen LogP contribution in [0, 0.1) is 10.1 Å². The van der Waals surface area contributed by atoms with Crippen LogP contribution in [0.3, 0.4) is 0 Å². The first-order valence-corrected chi connectivity index (χ1v) is 6.78. The summed E-state index contributed by atoms with van der Waals surface area (Å²) in [4.78, 5) is 20.9. The zero-order valence-electron chi connectivity index (χ0n) is 9.78. The first kappa shape index (κ1) is 14.0. The Bertz CT molecular complexity index is 597. The van der Waals surface area contributed by atoms with Crippen molar-refractivity contribution in [2.45, 2.75) is 11.8 Å². The van der Waals surface area contributed by atoms with Crippen molar-refractivity contribution in [3.8, 4) is 0 Å². The second-order valence-corrected chi connectivity index (χ2v) is 5.70. The largest absolute Gasteiger partial charge is 0.312 e. The van der Waals surface area contributed by atoms with Crippen LogP contribution in [0.2, 0.25) is 0 Å². The lowest BCUT2D eigenvalue weighted by Crippen LogP contribution is -2.07. The second kappa shape index (κ2) is 5.09. The third-order valence-corrected chi connectivity index (χ3v) is 3.30. The van der Waals surface area contributed by atoms with E-state index in [1.165, 1.54) is 24.3 Å². The van der Waals surface area contributed by atoms with Gasteiger partial charge < -0.3 is 0 Å². The lowest BCUT2D eigenvalue weighted by Gasteiger charge is -1.99. The van der Waals surface area contributed by atoms with Gasteiger partial charge in [-0.25, -0.2) is 8.42 Å². The zero-order chi connectivity index (χ0) is 13.9. The molecule has 0 aliphatic carbocycles. The highest BCUT2D eigenvalue weighted by atomic mass is 32.2. The van der Waals surface area contributed by atoms with Crippen molar-refractivity contribution in [3.05, 3.63) is 45.6 Å². The molecule has 0 fully saturated rings. The van der Waals surface area contributed by atoms with Gasteiger partial charge >= 0.3 is 5.70 Å². The predicted molar refractivity (Wildman–Crippen MR) is 65.2 cm³/mol. The van der Waals surface area contributed by atoms with Gasteiger partial charge in [-0.2, -0.15) is 0 Å². The number of nitrogens with zero attached hydrogens (tertiary/aromatic N) is 1. The van der Waals surface area contributed by atoms with E-state index in [0.29, 0.717) is 5.56 Å². The minimum absolute atomic E-state index is 0.116. The average molecular weight is 269 g/mol. The van der Waals surface area contributed by atoms with Gasteiger partial charge in [-0.05, 0) is 17.7 Å². The highest BCUT2D eigenvalue weighted by Crippen LogP contribution is 2.13. The molecule has 0 amide bonds. The Hall–Kier alpha value is -2.02. The molecule has 0 radical (unpaired) electrons. The Morgan fingerprint density at radius 2 is 1.78 bits per heavy atom. The summed E-state index contributed by atoms with van der Waals surface area (Å²) in [6.07, 6.45) is 2.17. The Labute approximate surface area is 104 Å². The summed E-state index contributed by atoms with van der Waals surface area (Å²) in [5.74, 6) is -0.660. The van der Waals surface area contributed by atoms with Crippen molar-refractivity contribution < 1.29 is 18.1 Å². The van der Waals surface area contributed by atoms with Gasteiger partial charge in [0.05, 0.1) is 9.82 Å². The molecular formula is C11H11NO5S. The maximum absolute atomic E-state index is 11.2. The zero-order valence-corrected chi connectivity index (χ0v) is 10.6. The van der Waals surface area contributed by atoms with Crippen molar-refractivity contribution in [3.63, 3.8) is 0 Å². The van der Waals surface area contributed by atoms with Crippen LogP contribution < -0.4 is 0 Å². The third-order valence-electron chi connectivity index (χ3n) is 2.17. The van der Waals surface area contributed by atoms with E-state index < -0.39 is 26.2 Å². The van der Waals surface area contributed by atoms with Crippen LogP contribution in [0.25, 0.3) is 6.08 Å². The van der Waals surface area contributed by atoms with E-state index in [9.17, 15) is 23.3 Å². The molecule has 0 heterocycles. The fourth-order valence-electron chi connectivity index (χ4n) is 1.25. The van der Waals surface area contributed by atoms with Crippen LogP contribution in [-0.2, 0) is 14.6 Å². The molecule has 0 N–H and O–H groups in total. The number of nitro groups is 1. The molecule has 1 aromatic rings. The minimum atomic E-state index is -3.30. The van der Waals surface area contributed by atoms with Crippen LogP contribution in [0.1, 0.15) is 12.5 Å². The van der Waals surface area contributed by atoms with E-state index in [2.05, 4.69) is 0 Å². The van der Waals surface area contributed by atoms with Crippen LogP contribution >= 0.6 is 0 Å². The Balaban J connectivity index is 3.17. The molecule has 6 nitrogen and oxygen atoms in total. The number of carbonyl (C=O) groups is 1. The molecule has 7 heteroatoms. The second-order valence-electron chi connectivity index (χ2n) is 3.68. The molecule has 0 bridgehead atoms. The molecule has 18 heavy (non-hydrogen) atoms. The van der Waals surface area contributed by atoms with Crippen LogP contribution in [-0.4, -0.2) is 25.4 Å². The molecular weight excluding hydrogens is 258 g/mol. The first-order chi connectivity index (χ1) is 8.21. The number of hydrogen-bond acceptors (Lipinski definition) is 5. The number of sulfone groups is 1. The maximum Gasteiger partial charge on any atom is 0.312 e. The third kappa shape index (κ3) is 3.49. The van der Waals surface area contributed by atoms with Crippen LogP contribution in [0.5, 0.6) is 0 Å². The van der Waals surface area contributed by atoms with Crippen molar-refractivity contribution in [2.24, 2.45) is 0 Å². The number of carbonyl (C=O) groups excluding carboxylic acids is 1. The molecule has 0 atom stereocenters. The SMILES string of the molecule is CC(=O)C(=Cc1ccc(S(C)(=O)=O)cc1)[N+](=O)[O-]. The molecule has 0 aliphatic rings. The van der Waals surface area contributed by atoms with Gasteiger partial charge in [-0.1, -0.05) is 12.1 Å². The maximum atomic E-state index is 11.2. The van der Waals surface area contributed by atoms with E-state index in [-0.39, 0.29) is 4.90 Å². The van der Waals surface area contributed by atoms with Crippen LogP contribution in [0.4, 0.5) is 0 Å². The normalized spacial score (nSPS) is 12.2. The minimum Gasteiger partial charge on any atom is -0.288 e. The first-order valence-electron chi connectivity index (χ1n) is 4.89. The summed E-state index contributed by atoms with van der Waals surface area (Å²) in [5, 5.41) is 10.6. The van der Waals surface area contributed by atoms with E-state index in [1.807, 2.05) is 0 Å². The number of rotatable bonds is 4. The van der Waals surface area contributed by atoms with Crippen molar-refractivity contribution in [2.75, 3.05) is 6.26 Å². The summed E-state index contributed by atoms with van der Waals surface area (Å²) >= 11 is 0. The van der Waals surface area contributed by atoms with Gasteiger partial charge in [0, 0.05) is 19.3 Å². The fourth-order valence-corrected chi connectivity index (χ4v) is 1.88. The quantitative estimate of drug-likeness (QED) is 0.466. The summed E-state index contributed by atoms with van der Waals surface area (Å²) in [5.41, 5.74) is -0.147. The van der Waals surface area contributed by atoms with E-state index >= 15 is 0 Å². The summed E-state index contributed by atoms with van der Waals surface area (Å²) in [6.45, 7) is 1.10. The number of allylic oxidation sites excluding steroid dienone is 1. The molecule has 0 aliphatic heterocycles. The topological polar surface area (TPSA) is 94.3 Å². The predicted octanol–water partition coefficient (Wildman–Crippen LogP) is 1.30. The van der Waals surface area contributed by atoms with Gasteiger partial charge in [0.15, 0.2) is 9.84 Å². The molecule has 0 saturated carbocycles. The summed E-state index contributed by atoms with van der Waals surface area (Å²) in [7, 11) is -3.30. The molecule has 0 saturated heterocycles. The number of ketones is 1. The molecule has 0 unspecified atom stereocenters. The molecule has 1 aromatic carbocycles.